The Morgan fingerprint density at radius 3 is 1.93 bits per heavy atom. The minimum atomic E-state index is -1.83. The molecule has 21 nitrogen and oxygen atoms in total. The molecule has 0 spiro atoms. The number of ether oxygens (including phenoxy) is 4. The first kappa shape index (κ1) is 57.9. The van der Waals surface area contributed by atoms with E-state index in [1.807, 2.05) is 0 Å². The van der Waals surface area contributed by atoms with Crippen LogP contribution in [-0.4, -0.2) is 168 Å². The monoisotopic (exact) mass is 958 g/mol. The Labute approximate surface area is 397 Å². The molecule has 378 valence electrons. The first-order valence-electron chi connectivity index (χ1n) is 22.3. The van der Waals surface area contributed by atoms with E-state index < -0.39 is 150 Å². The zero-order chi connectivity index (χ0) is 52.1. The molecule has 6 amide bonds. The standard InChI is InChI=1S/C47H70N6O15/c1-23(2)38(56)33(21-25(5)54)45(62)68-39(24(3)4)36-44(61)53(14)37(30(10)65-15)47(64)66-29(9)35(49-31(11)55)46(63)67-34(22-32-19-17-16-18-20-32)43(60)52(13)27(7)40(57)48-26(6)42(59)51(12)28(8)41(58)50-36/h16-20,23-24,26,28-30,33-39,56H,7,21-22H2,1-6,8-15H3,(H,48,57)(H,49,55)(H,50,58)/t26-,28-,29+,30+,33-,34+,35-,36-,37-,38+,39+/m0/s1. The number of nitrogens with zero attached hydrogens (tertiary/aromatic N) is 3. The molecule has 4 N–H and O–H groups in total. The van der Waals surface area contributed by atoms with Crippen molar-refractivity contribution in [2.75, 3.05) is 28.3 Å². The number of ketones is 1. The van der Waals surface area contributed by atoms with Gasteiger partial charge < -0.3 is 59.5 Å². The fourth-order valence-corrected chi connectivity index (χ4v) is 7.28. The normalized spacial score (nSPS) is 25.2. The van der Waals surface area contributed by atoms with Crippen molar-refractivity contribution >= 4 is 59.1 Å². The molecule has 1 aliphatic heterocycles. The molecular formula is C47H70N6O15. The van der Waals surface area contributed by atoms with E-state index in [1.165, 1.54) is 62.9 Å². The molecule has 11 atom stereocenters. The number of rotatable bonds is 13. The molecule has 1 aromatic rings. The maximum Gasteiger partial charge on any atom is 0.333 e. The van der Waals surface area contributed by atoms with Crippen LogP contribution in [0.1, 0.15) is 81.2 Å². The van der Waals surface area contributed by atoms with E-state index in [0.29, 0.717) is 5.56 Å². The summed E-state index contributed by atoms with van der Waals surface area (Å²) in [6.45, 7) is 17.7. The molecule has 21 heteroatoms. The Bertz CT molecular complexity index is 2030. The number of benzene rings is 1. The molecule has 2 rings (SSSR count). The summed E-state index contributed by atoms with van der Waals surface area (Å²) in [4.78, 5) is 140. The zero-order valence-corrected chi connectivity index (χ0v) is 41.5. The van der Waals surface area contributed by atoms with E-state index in [1.54, 1.807) is 58.0 Å². The molecule has 0 bridgehead atoms. The lowest BCUT2D eigenvalue weighted by molar-refractivity contribution is -0.175. The van der Waals surface area contributed by atoms with Gasteiger partial charge in [0.2, 0.25) is 23.6 Å². The molecule has 1 saturated heterocycles. The SMILES string of the molecule is C=C1C(=O)N[C@@H](C)C(=O)N(C)[C@@H](C)C(=O)N[C@@H]([C@H](OC(=O)[C@@H](CC(C)=O)[C@H](O)C(C)C)C(C)C)C(=O)N(C)[C@@H]([C@@H](C)OC)C(=O)O[C@H](C)[C@H](NC(C)=O)C(=O)O[C@H](Cc2ccccc2)C(=O)N1C. The van der Waals surface area contributed by atoms with Gasteiger partial charge in [0, 0.05) is 48.0 Å². The van der Waals surface area contributed by atoms with E-state index in [0.717, 1.165) is 21.6 Å². The molecule has 0 unspecified atom stereocenters. The molecule has 68 heavy (non-hydrogen) atoms. The summed E-state index contributed by atoms with van der Waals surface area (Å²) in [6.07, 6.45) is -7.92. The Morgan fingerprint density at radius 2 is 1.41 bits per heavy atom. The number of likely N-dealkylation sites (N-methyl/N-ethyl adjacent to an activating group) is 3. The van der Waals surface area contributed by atoms with E-state index in [2.05, 4.69) is 22.5 Å². The van der Waals surface area contributed by atoms with Crippen molar-refractivity contribution < 1.29 is 72.0 Å². The van der Waals surface area contributed by atoms with Crippen LogP contribution >= 0.6 is 0 Å². The second-order valence-electron chi connectivity index (χ2n) is 17.8. The van der Waals surface area contributed by atoms with Crippen LogP contribution in [0.3, 0.4) is 0 Å². The average molecular weight is 959 g/mol. The van der Waals surface area contributed by atoms with Gasteiger partial charge in [-0.15, -0.1) is 0 Å². The average Bonchev–Trinajstić information content (AvgIpc) is 3.27. The van der Waals surface area contributed by atoms with Gasteiger partial charge in [-0.3, -0.25) is 33.6 Å². The van der Waals surface area contributed by atoms with Crippen molar-refractivity contribution in [3.8, 4) is 0 Å². The van der Waals surface area contributed by atoms with Gasteiger partial charge in [0.1, 0.15) is 41.8 Å². The van der Waals surface area contributed by atoms with E-state index in [9.17, 15) is 53.1 Å². The number of nitrogens with one attached hydrogen (secondary N) is 3. The fourth-order valence-electron chi connectivity index (χ4n) is 7.28. The van der Waals surface area contributed by atoms with E-state index in [4.69, 9.17) is 18.9 Å². The second kappa shape index (κ2) is 25.8. The first-order chi connectivity index (χ1) is 31.6. The van der Waals surface area contributed by atoms with Gasteiger partial charge in [0.25, 0.3) is 11.8 Å². The van der Waals surface area contributed by atoms with Crippen LogP contribution in [0.5, 0.6) is 0 Å². The predicted octanol–water partition coefficient (Wildman–Crippen LogP) is 0.441. The minimum Gasteiger partial charge on any atom is -0.459 e. The summed E-state index contributed by atoms with van der Waals surface area (Å²) in [5, 5.41) is 18.4. The molecule has 0 radical (unpaired) electrons. The summed E-state index contributed by atoms with van der Waals surface area (Å²) in [5.74, 6) is -12.1. The topological polar surface area (TPSA) is 274 Å². The summed E-state index contributed by atoms with van der Waals surface area (Å²) < 4.78 is 22.9. The van der Waals surface area contributed by atoms with Crippen molar-refractivity contribution in [1.29, 1.82) is 0 Å². The molecule has 1 aliphatic rings. The molecule has 0 aromatic heterocycles. The van der Waals surface area contributed by atoms with Crippen molar-refractivity contribution in [3.05, 3.63) is 48.2 Å². The lowest BCUT2D eigenvalue weighted by Gasteiger charge is -2.38. The second-order valence-corrected chi connectivity index (χ2v) is 17.8. The third-order valence-corrected chi connectivity index (χ3v) is 11.7. The lowest BCUT2D eigenvalue weighted by Crippen LogP contribution is -2.63. The number of amides is 6. The van der Waals surface area contributed by atoms with Crippen LogP contribution in [0, 0.1) is 17.8 Å². The maximum atomic E-state index is 14.9. The number of hydrogen-bond acceptors (Lipinski definition) is 15. The number of esters is 3. The number of aliphatic hydroxyl groups excluding tert-OH is 1. The number of carbonyl (C=O) groups is 10. The summed E-state index contributed by atoms with van der Waals surface area (Å²) >= 11 is 0. The van der Waals surface area contributed by atoms with Crippen molar-refractivity contribution in [2.24, 2.45) is 17.8 Å². The maximum absolute atomic E-state index is 14.9. The van der Waals surface area contributed by atoms with Crippen molar-refractivity contribution in [3.63, 3.8) is 0 Å². The van der Waals surface area contributed by atoms with Crippen LogP contribution in [-0.2, 0) is 73.3 Å². The fraction of sp³-hybridized carbons (Fsp3) is 0.617. The van der Waals surface area contributed by atoms with E-state index >= 15 is 0 Å². The summed E-state index contributed by atoms with van der Waals surface area (Å²) in [7, 11) is 4.86. The third kappa shape index (κ3) is 15.4. The number of Topliss-reactive ketones (excluding diaryl/α,β-unsaturated/α-hetero) is 1. The number of aliphatic hydroxyl groups is 1. The van der Waals surface area contributed by atoms with Crippen LogP contribution in [0.25, 0.3) is 0 Å². The van der Waals surface area contributed by atoms with Crippen LogP contribution < -0.4 is 16.0 Å². The Hall–Kier alpha value is -6.22. The first-order valence-corrected chi connectivity index (χ1v) is 22.3. The van der Waals surface area contributed by atoms with Gasteiger partial charge >= 0.3 is 17.9 Å². The largest absolute Gasteiger partial charge is 0.459 e. The lowest BCUT2D eigenvalue weighted by atomic mass is 9.89. The van der Waals surface area contributed by atoms with Gasteiger partial charge in [-0.2, -0.15) is 0 Å². The van der Waals surface area contributed by atoms with Crippen molar-refractivity contribution in [1.82, 2.24) is 30.7 Å². The van der Waals surface area contributed by atoms with Crippen LogP contribution in [0.15, 0.2) is 42.6 Å². The van der Waals surface area contributed by atoms with Crippen molar-refractivity contribution in [2.45, 2.75) is 143 Å². The zero-order valence-electron chi connectivity index (χ0n) is 41.5. The smallest absolute Gasteiger partial charge is 0.333 e. The third-order valence-electron chi connectivity index (χ3n) is 11.7. The molecule has 1 heterocycles. The number of cyclic esters (lactones) is 2. The van der Waals surface area contributed by atoms with Gasteiger partial charge in [-0.25, -0.2) is 9.59 Å². The quantitative estimate of drug-likeness (QED) is 0.119. The molecular weight excluding hydrogens is 889 g/mol. The molecule has 0 saturated carbocycles. The van der Waals surface area contributed by atoms with Gasteiger partial charge in [0.05, 0.1) is 18.1 Å². The van der Waals surface area contributed by atoms with Gasteiger partial charge in [0.15, 0.2) is 18.2 Å². The Kier molecular flexibility index (Phi) is 22.0. The highest BCUT2D eigenvalue weighted by Gasteiger charge is 2.46. The van der Waals surface area contributed by atoms with Gasteiger partial charge in [-0.1, -0.05) is 64.6 Å². The van der Waals surface area contributed by atoms with Gasteiger partial charge in [-0.05, 0) is 52.0 Å². The molecule has 0 aliphatic carbocycles. The molecule has 1 aromatic carbocycles. The predicted molar refractivity (Wildman–Crippen MR) is 244 cm³/mol. The Balaban J connectivity index is 2.89. The highest BCUT2D eigenvalue weighted by molar-refractivity contribution is 6.01. The summed E-state index contributed by atoms with van der Waals surface area (Å²) in [6, 6.07) is 0.388. The summed E-state index contributed by atoms with van der Waals surface area (Å²) in [5.41, 5.74) is 0.0602. The number of hydrogen-bond donors (Lipinski definition) is 4. The van der Waals surface area contributed by atoms with Crippen LogP contribution in [0.2, 0.25) is 0 Å². The number of carbonyl (C=O) groups excluding carboxylic acids is 10. The highest BCUT2D eigenvalue weighted by atomic mass is 16.6. The van der Waals surface area contributed by atoms with Crippen LogP contribution in [0.4, 0.5) is 0 Å². The Morgan fingerprint density at radius 1 is 0.824 bits per heavy atom. The number of methoxy groups -OCH3 is 1. The van der Waals surface area contributed by atoms with E-state index in [-0.39, 0.29) is 6.42 Å². The minimum absolute atomic E-state index is 0.227. The highest BCUT2D eigenvalue weighted by Crippen LogP contribution is 2.25. The molecule has 1 fully saturated rings.